The third-order valence-electron chi connectivity index (χ3n) is 2.48. The van der Waals surface area contributed by atoms with Crippen molar-refractivity contribution in [1.29, 1.82) is 0 Å². The molecule has 1 heterocycles. The summed E-state index contributed by atoms with van der Waals surface area (Å²) in [6.45, 7) is 8.78. The highest BCUT2D eigenvalue weighted by Gasteiger charge is 2.28. The quantitative estimate of drug-likeness (QED) is 0.657. The summed E-state index contributed by atoms with van der Waals surface area (Å²) in [5.74, 6) is 0. The molecule has 0 saturated heterocycles. The zero-order valence-electron chi connectivity index (χ0n) is 9.26. The molecule has 1 atom stereocenters. The summed E-state index contributed by atoms with van der Waals surface area (Å²) in [7, 11) is 0. The Morgan fingerprint density at radius 1 is 1.46 bits per heavy atom. The van der Waals surface area contributed by atoms with Crippen LogP contribution in [0.2, 0.25) is 0 Å². The van der Waals surface area contributed by atoms with Gasteiger partial charge >= 0.3 is 0 Å². The molecule has 0 aliphatic carbocycles. The molecule has 1 aliphatic rings. The van der Waals surface area contributed by atoms with E-state index < -0.39 is 0 Å². The molecule has 1 unspecified atom stereocenters. The van der Waals surface area contributed by atoms with Gasteiger partial charge in [0.05, 0.1) is 5.71 Å². The topological polar surface area (TPSA) is 21.6 Å². The van der Waals surface area contributed by atoms with Gasteiger partial charge in [-0.15, -0.1) is 0 Å². The van der Waals surface area contributed by atoms with E-state index >= 15 is 0 Å². The molecule has 76 valence electrons. The van der Waals surface area contributed by atoms with Gasteiger partial charge in [0.15, 0.2) is 0 Å². The van der Waals surface area contributed by atoms with Gasteiger partial charge in [-0.1, -0.05) is 39.3 Å². The van der Waals surface area contributed by atoms with E-state index in [-0.39, 0.29) is 5.41 Å². The van der Waals surface area contributed by atoms with Crippen LogP contribution in [0.15, 0.2) is 5.16 Å². The molecule has 0 aromatic rings. The second-order valence-electron chi connectivity index (χ2n) is 4.86. The first-order valence-corrected chi connectivity index (χ1v) is 5.27. The Labute approximate surface area is 81.3 Å². The fraction of sp³-hybridized carbons (Fsp3) is 0.909. The molecule has 2 nitrogen and oxygen atoms in total. The molecule has 13 heavy (non-hydrogen) atoms. The normalized spacial score (nSPS) is 22.8. The van der Waals surface area contributed by atoms with E-state index in [4.69, 9.17) is 4.84 Å². The molecule has 1 rings (SSSR count). The highest BCUT2D eigenvalue weighted by Crippen LogP contribution is 2.27. The lowest BCUT2D eigenvalue weighted by molar-refractivity contribution is 0.0773. The van der Waals surface area contributed by atoms with E-state index in [9.17, 15) is 0 Å². The van der Waals surface area contributed by atoms with Crippen LogP contribution in [0.25, 0.3) is 0 Å². The molecule has 1 aliphatic heterocycles. The summed E-state index contributed by atoms with van der Waals surface area (Å²) in [6.07, 6.45) is 5.03. The van der Waals surface area contributed by atoms with E-state index in [1.54, 1.807) is 0 Å². The van der Waals surface area contributed by atoms with Gasteiger partial charge in [-0.3, -0.25) is 0 Å². The van der Waals surface area contributed by atoms with Crippen molar-refractivity contribution in [2.45, 2.75) is 59.5 Å². The van der Waals surface area contributed by atoms with Crippen molar-refractivity contribution in [2.75, 3.05) is 0 Å². The minimum Gasteiger partial charge on any atom is -0.392 e. The van der Waals surface area contributed by atoms with Crippen molar-refractivity contribution in [1.82, 2.24) is 0 Å². The zero-order valence-corrected chi connectivity index (χ0v) is 9.26. The summed E-state index contributed by atoms with van der Waals surface area (Å²) in [6, 6.07) is 0. The fourth-order valence-electron chi connectivity index (χ4n) is 1.46. The molecule has 2 heteroatoms. The van der Waals surface area contributed by atoms with Crippen LogP contribution in [0.1, 0.15) is 53.4 Å². The van der Waals surface area contributed by atoms with Crippen LogP contribution in [0, 0.1) is 5.41 Å². The van der Waals surface area contributed by atoms with Crippen molar-refractivity contribution in [3.05, 3.63) is 0 Å². The standard InChI is InChI=1S/C11H21NO/c1-5-6-7-9-8-10(12-13-9)11(2,3)4/h9H,5-8H2,1-4H3. The molecule has 0 bridgehead atoms. The molecule has 0 radical (unpaired) electrons. The lowest BCUT2D eigenvalue weighted by Gasteiger charge is -2.16. The van der Waals surface area contributed by atoms with E-state index in [0.29, 0.717) is 6.10 Å². The maximum absolute atomic E-state index is 5.38. The van der Waals surface area contributed by atoms with Crippen LogP contribution >= 0.6 is 0 Å². The average Bonchev–Trinajstić information content (AvgIpc) is 2.47. The lowest BCUT2D eigenvalue weighted by Crippen LogP contribution is -2.20. The van der Waals surface area contributed by atoms with E-state index in [2.05, 4.69) is 32.9 Å². The SMILES string of the molecule is CCCCC1CC(C(C)(C)C)=NO1. The predicted octanol–water partition coefficient (Wildman–Crippen LogP) is 3.37. The second kappa shape index (κ2) is 4.12. The summed E-state index contributed by atoms with van der Waals surface area (Å²) < 4.78 is 0. The molecule has 0 N–H and O–H groups in total. The molecule has 0 saturated carbocycles. The molecular weight excluding hydrogens is 162 g/mol. The van der Waals surface area contributed by atoms with E-state index in [1.807, 2.05) is 0 Å². The van der Waals surface area contributed by atoms with Crippen LogP contribution < -0.4 is 0 Å². The highest BCUT2D eigenvalue weighted by atomic mass is 16.6. The number of rotatable bonds is 3. The summed E-state index contributed by atoms with van der Waals surface area (Å²) in [4.78, 5) is 5.38. The van der Waals surface area contributed by atoms with Crippen LogP contribution in [0.4, 0.5) is 0 Å². The minimum atomic E-state index is 0.182. The highest BCUT2D eigenvalue weighted by molar-refractivity contribution is 5.90. The van der Waals surface area contributed by atoms with Gasteiger partial charge in [-0.25, -0.2) is 0 Å². The van der Waals surface area contributed by atoms with E-state index in [1.165, 1.54) is 18.6 Å². The summed E-state index contributed by atoms with van der Waals surface area (Å²) in [5, 5.41) is 4.16. The van der Waals surface area contributed by atoms with Crippen molar-refractivity contribution in [3.63, 3.8) is 0 Å². The van der Waals surface area contributed by atoms with Gasteiger partial charge in [0.25, 0.3) is 0 Å². The van der Waals surface area contributed by atoms with Crippen molar-refractivity contribution >= 4 is 5.71 Å². The lowest BCUT2D eigenvalue weighted by atomic mass is 9.86. The smallest absolute Gasteiger partial charge is 0.132 e. The van der Waals surface area contributed by atoms with Crippen LogP contribution in [-0.4, -0.2) is 11.8 Å². The number of oxime groups is 1. The Morgan fingerprint density at radius 2 is 2.15 bits per heavy atom. The summed E-state index contributed by atoms with van der Waals surface area (Å²) >= 11 is 0. The molecule has 0 aromatic heterocycles. The molecular formula is C11H21NO. The first-order chi connectivity index (χ1) is 6.04. The number of hydrogen-bond acceptors (Lipinski definition) is 2. The third kappa shape index (κ3) is 3.02. The minimum absolute atomic E-state index is 0.182. The fourth-order valence-corrected chi connectivity index (χ4v) is 1.46. The van der Waals surface area contributed by atoms with Gasteiger partial charge in [-0.05, 0) is 12.8 Å². The van der Waals surface area contributed by atoms with Gasteiger partial charge < -0.3 is 4.84 Å². The third-order valence-corrected chi connectivity index (χ3v) is 2.48. The van der Waals surface area contributed by atoms with Crippen molar-refractivity contribution in [3.8, 4) is 0 Å². The summed E-state index contributed by atoms with van der Waals surface area (Å²) in [5.41, 5.74) is 1.40. The molecule has 0 spiro atoms. The monoisotopic (exact) mass is 183 g/mol. The number of nitrogens with zero attached hydrogens (tertiary/aromatic N) is 1. The largest absolute Gasteiger partial charge is 0.392 e. The van der Waals surface area contributed by atoms with Crippen LogP contribution in [0.5, 0.6) is 0 Å². The average molecular weight is 183 g/mol. The first kappa shape index (κ1) is 10.6. The predicted molar refractivity (Wildman–Crippen MR) is 55.9 cm³/mol. The zero-order chi connectivity index (χ0) is 9.90. The van der Waals surface area contributed by atoms with Crippen molar-refractivity contribution < 1.29 is 4.84 Å². The Hall–Kier alpha value is -0.530. The molecule has 0 fully saturated rings. The Balaban J connectivity index is 2.34. The van der Waals surface area contributed by atoms with Crippen LogP contribution in [0.3, 0.4) is 0 Å². The maximum atomic E-state index is 5.38. The Bertz CT molecular complexity index is 191. The Kier molecular flexibility index (Phi) is 3.34. The van der Waals surface area contributed by atoms with Crippen LogP contribution in [-0.2, 0) is 4.84 Å². The number of hydrogen-bond donors (Lipinski definition) is 0. The van der Waals surface area contributed by atoms with Gasteiger partial charge in [-0.2, -0.15) is 0 Å². The number of unbranched alkanes of at least 4 members (excludes halogenated alkanes) is 1. The van der Waals surface area contributed by atoms with Gasteiger partial charge in [0, 0.05) is 11.8 Å². The molecule has 0 aromatic carbocycles. The van der Waals surface area contributed by atoms with Gasteiger partial charge in [0.2, 0.25) is 0 Å². The first-order valence-electron chi connectivity index (χ1n) is 5.27. The Morgan fingerprint density at radius 3 is 2.62 bits per heavy atom. The maximum Gasteiger partial charge on any atom is 0.132 e. The van der Waals surface area contributed by atoms with Gasteiger partial charge in [0.1, 0.15) is 6.10 Å². The van der Waals surface area contributed by atoms with E-state index in [0.717, 1.165) is 12.8 Å². The molecule has 0 amide bonds. The second-order valence-corrected chi connectivity index (χ2v) is 4.86. The van der Waals surface area contributed by atoms with Crippen molar-refractivity contribution in [2.24, 2.45) is 10.6 Å².